The molecule has 1 heterocycles. The van der Waals surface area contributed by atoms with E-state index in [4.69, 9.17) is 5.73 Å². The molecule has 0 aliphatic carbocycles. The van der Waals surface area contributed by atoms with Crippen LogP contribution >= 0.6 is 0 Å². The van der Waals surface area contributed by atoms with Crippen LogP contribution in [-0.4, -0.2) is 23.9 Å². The second-order valence-electron chi connectivity index (χ2n) is 4.99. The van der Waals surface area contributed by atoms with Crippen LogP contribution < -0.4 is 16.4 Å². The van der Waals surface area contributed by atoms with Crippen LogP contribution in [0.5, 0.6) is 0 Å². The van der Waals surface area contributed by atoms with Crippen LogP contribution in [0.1, 0.15) is 29.8 Å². The summed E-state index contributed by atoms with van der Waals surface area (Å²) in [6.07, 6.45) is 0.976. The summed E-state index contributed by atoms with van der Waals surface area (Å²) in [4.78, 5) is 23.2. The van der Waals surface area contributed by atoms with Crippen LogP contribution in [0.25, 0.3) is 0 Å². The summed E-state index contributed by atoms with van der Waals surface area (Å²) in [6, 6.07) is 5.49. The van der Waals surface area contributed by atoms with Crippen molar-refractivity contribution in [2.45, 2.75) is 25.8 Å². The quantitative estimate of drug-likeness (QED) is 0.733. The summed E-state index contributed by atoms with van der Waals surface area (Å²) in [6.45, 7) is 4.06. The molecule has 0 fully saturated rings. The van der Waals surface area contributed by atoms with E-state index < -0.39 is 11.4 Å². The van der Waals surface area contributed by atoms with Crippen molar-refractivity contribution in [2.24, 2.45) is 5.73 Å². The highest BCUT2D eigenvalue weighted by atomic mass is 16.2. The first-order chi connectivity index (χ1) is 8.40. The first-order valence-corrected chi connectivity index (χ1v) is 5.89. The van der Waals surface area contributed by atoms with Crippen LogP contribution in [0, 0.1) is 0 Å². The fourth-order valence-electron chi connectivity index (χ4n) is 1.85. The molecule has 96 valence electrons. The lowest BCUT2D eigenvalue weighted by Crippen LogP contribution is -2.53. The van der Waals surface area contributed by atoms with Gasteiger partial charge in [-0.25, -0.2) is 0 Å². The summed E-state index contributed by atoms with van der Waals surface area (Å²) in [7, 11) is 0. The molecule has 4 N–H and O–H groups in total. The van der Waals surface area contributed by atoms with E-state index in [1.807, 2.05) is 6.07 Å². The molecule has 0 atom stereocenters. The zero-order valence-electron chi connectivity index (χ0n) is 10.5. The Kier molecular flexibility index (Phi) is 2.98. The smallest absolute Gasteiger partial charge is 0.252 e. The maximum absolute atomic E-state index is 12.0. The Morgan fingerprint density at radius 1 is 1.39 bits per heavy atom. The molecule has 2 rings (SSSR count). The SMILES string of the molecule is CC(C)(NC(=O)c1ccc2c(c1)NCC2)C(N)=O. The van der Waals surface area contributed by atoms with Gasteiger partial charge in [0.25, 0.3) is 5.91 Å². The number of nitrogens with two attached hydrogens (primary N) is 1. The normalized spacial score (nSPS) is 13.7. The molecule has 0 radical (unpaired) electrons. The Morgan fingerprint density at radius 3 is 2.78 bits per heavy atom. The molecule has 18 heavy (non-hydrogen) atoms. The summed E-state index contributed by atoms with van der Waals surface area (Å²) < 4.78 is 0. The van der Waals surface area contributed by atoms with Gasteiger partial charge in [0.15, 0.2) is 0 Å². The minimum atomic E-state index is -1.05. The van der Waals surface area contributed by atoms with Crippen LogP contribution in [0.2, 0.25) is 0 Å². The van der Waals surface area contributed by atoms with Crippen molar-refractivity contribution in [1.82, 2.24) is 5.32 Å². The van der Waals surface area contributed by atoms with Crippen molar-refractivity contribution in [2.75, 3.05) is 11.9 Å². The Morgan fingerprint density at radius 2 is 2.11 bits per heavy atom. The highest BCUT2D eigenvalue weighted by Crippen LogP contribution is 2.23. The molecular weight excluding hydrogens is 230 g/mol. The molecule has 5 heteroatoms. The van der Waals surface area contributed by atoms with E-state index in [2.05, 4.69) is 10.6 Å². The Balaban J connectivity index is 2.17. The number of anilines is 1. The van der Waals surface area contributed by atoms with Crippen LogP contribution in [0.15, 0.2) is 18.2 Å². The summed E-state index contributed by atoms with van der Waals surface area (Å²) in [5.74, 6) is -0.856. The lowest BCUT2D eigenvalue weighted by atomic mass is 10.0. The third kappa shape index (κ3) is 2.30. The zero-order valence-corrected chi connectivity index (χ0v) is 10.5. The van der Waals surface area contributed by atoms with Gasteiger partial charge in [0.2, 0.25) is 5.91 Å². The second-order valence-corrected chi connectivity index (χ2v) is 4.99. The molecule has 2 amide bonds. The van der Waals surface area contributed by atoms with Gasteiger partial charge in [0, 0.05) is 17.8 Å². The van der Waals surface area contributed by atoms with E-state index in [9.17, 15) is 9.59 Å². The van der Waals surface area contributed by atoms with Crippen LogP contribution in [0.3, 0.4) is 0 Å². The fourth-order valence-corrected chi connectivity index (χ4v) is 1.85. The number of rotatable bonds is 3. The van der Waals surface area contributed by atoms with Gasteiger partial charge in [-0.1, -0.05) is 6.07 Å². The van der Waals surface area contributed by atoms with E-state index >= 15 is 0 Å². The number of amides is 2. The first-order valence-electron chi connectivity index (χ1n) is 5.89. The van der Waals surface area contributed by atoms with Gasteiger partial charge in [-0.15, -0.1) is 0 Å². The zero-order chi connectivity index (χ0) is 13.3. The number of nitrogens with one attached hydrogen (secondary N) is 2. The molecule has 1 aromatic carbocycles. The van der Waals surface area contributed by atoms with E-state index in [0.717, 1.165) is 18.7 Å². The number of carbonyl (C=O) groups is 2. The third-order valence-corrected chi connectivity index (χ3v) is 3.12. The number of carbonyl (C=O) groups excluding carboxylic acids is 2. The maximum Gasteiger partial charge on any atom is 0.252 e. The standard InChI is InChI=1S/C13H17N3O2/c1-13(2,12(14)18)16-11(17)9-4-3-8-5-6-15-10(8)7-9/h3-4,7,15H,5-6H2,1-2H3,(H2,14,18)(H,16,17). The molecule has 0 spiro atoms. The van der Waals surface area contributed by atoms with Crippen LogP contribution in [0.4, 0.5) is 5.69 Å². The molecule has 0 aromatic heterocycles. The number of fused-ring (bicyclic) bond motifs is 1. The van der Waals surface area contributed by atoms with Gasteiger partial charge in [0.1, 0.15) is 5.54 Å². The van der Waals surface area contributed by atoms with Crippen molar-refractivity contribution in [1.29, 1.82) is 0 Å². The molecule has 5 nitrogen and oxygen atoms in total. The molecule has 0 bridgehead atoms. The monoisotopic (exact) mass is 247 g/mol. The van der Waals surface area contributed by atoms with Crippen molar-refractivity contribution in [3.8, 4) is 0 Å². The lowest BCUT2D eigenvalue weighted by molar-refractivity contribution is -0.122. The Bertz CT molecular complexity index is 509. The Hall–Kier alpha value is -2.04. The maximum atomic E-state index is 12.0. The average Bonchev–Trinajstić information content (AvgIpc) is 2.74. The van der Waals surface area contributed by atoms with Gasteiger partial charge in [0.05, 0.1) is 0 Å². The van der Waals surface area contributed by atoms with Gasteiger partial charge in [-0.3, -0.25) is 9.59 Å². The molecule has 1 aliphatic rings. The molecular formula is C13H17N3O2. The van der Waals surface area contributed by atoms with E-state index in [0.29, 0.717) is 5.56 Å². The second kappa shape index (κ2) is 4.33. The number of primary amides is 1. The van der Waals surface area contributed by atoms with Gasteiger partial charge in [-0.2, -0.15) is 0 Å². The average molecular weight is 247 g/mol. The number of hydrogen-bond donors (Lipinski definition) is 3. The molecule has 0 saturated heterocycles. The van der Waals surface area contributed by atoms with Gasteiger partial charge >= 0.3 is 0 Å². The highest BCUT2D eigenvalue weighted by molar-refractivity contribution is 5.99. The number of benzene rings is 1. The largest absolute Gasteiger partial charge is 0.384 e. The van der Waals surface area contributed by atoms with Crippen LogP contribution in [-0.2, 0) is 11.2 Å². The van der Waals surface area contributed by atoms with Crippen molar-refractivity contribution in [3.63, 3.8) is 0 Å². The van der Waals surface area contributed by atoms with Crippen molar-refractivity contribution >= 4 is 17.5 Å². The molecule has 0 unspecified atom stereocenters. The fraction of sp³-hybridized carbons (Fsp3) is 0.385. The molecule has 1 aromatic rings. The summed E-state index contributed by atoms with van der Waals surface area (Å²) in [5, 5.41) is 5.83. The first kappa shape index (κ1) is 12.4. The van der Waals surface area contributed by atoms with E-state index in [1.165, 1.54) is 5.56 Å². The van der Waals surface area contributed by atoms with Gasteiger partial charge < -0.3 is 16.4 Å². The minimum Gasteiger partial charge on any atom is -0.384 e. The summed E-state index contributed by atoms with van der Waals surface area (Å²) >= 11 is 0. The highest BCUT2D eigenvalue weighted by Gasteiger charge is 2.27. The van der Waals surface area contributed by atoms with E-state index in [-0.39, 0.29) is 5.91 Å². The topological polar surface area (TPSA) is 84.2 Å². The Labute approximate surface area is 106 Å². The molecule has 1 aliphatic heterocycles. The third-order valence-electron chi connectivity index (χ3n) is 3.12. The number of hydrogen-bond acceptors (Lipinski definition) is 3. The predicted octanol–water partition coefficient (Wildman–Crippen LogP) is 0.648. The summed E-state index contributed by atoms with van der Waals surface area (Å²) in [5.41, 5.74) is 6.89. The lowest BCUT2D eigenvalue weighted by Gasteiger charge is -2.22. The molecule has 0 saturated carbocycles. The minimum absolute atomic E-state index is 0.296. The van der Waals surface area contributed by atoms with Crippen molar-refractivity contribution < 1.29 is 9.59 Å². The predicted molar refractivity (Wildman–Crippen MR) is 69.4 cm³/mol. The van der Waals surface area contributed by atoms with Crippen molar-refractivity contribution in [3.05, 3.63) is 29.3 Å². The van der Waals surface area contributed by atoms with Gasteiger partial charge in [-0.05, 0) is 38.0 Å². The van der Waals surface area contributed by atoms with E-state index in [1.54, 1.807) is 26.0 Å².